The van der Waals surface area contributed by atoms with Crippen molar-refractivity contribution in [2.45, 2.75) is 25.8 Å². The van der Waals surface area contributed by atoms with Gasteiger partial charge in [0.25, 0.3) is 0 Å². The number of ether oxygens (including phenoxy) is 3. The first-order chi connectivity index (χ1) is 16.4. The molecule has 34 heavy (non-hydrogen) atoms. The van der Waals surface area contributed by atoms with Crippen LogP contribution in [0.3, 0.4) is 0 Å². The summed E-state index contributed by atoms with van der Waals surface area (Å²) < 4.78 is 33.6. The van der Waals surface area contributed by atoms with Crippen LogP contribution in [0.4, 0.5) is 4.39 Å². The van der Waals surface area contributed by atoms with Crippen LogP contribution >= 0.6 is 0 Å². The number of carbonyl (C=O) groups is 2. The van der Waals surface area contributed by atoms with Gasteiger partial charge in [-0.15, -0.1) is 0 Å². The molecular weight excluding hydrogens is 445 g/mol. The second kappa shape index (κ2) is 11.8. The molecule has 0 fully saturated rings. The van der Waals surface area contributed by atoms with Gasteiger partial charge in [0.1, 0.15) is 23.9 Å². The molecule has 0 bridgehead atoms. The van der Waals surface area contributed by atoms with E-state index >= 15 is 0 Å². The highest BCUT2D eigenvalue weighted by molar-refractivity contribution is 5.82. The van der Waals surface area contributed by atoms with Crippen molar-refractivity contribution in [1.29, 1.82) is 0 Å². The number of rotatable bonds is 11. The first-order valence-electron chi connectivity index (χ1n) is 10.6. The van der Waals surface area contributed by atoms with Gasteiger partial charge in [-0.05, 0) is 48.4 Å². The van der Waals surface area contributed by atoms with Gasteiger partial charge in [-0.1, -0.05) is 5.16 Å². The van der Waals surface area contributed by atoms with Crippen LogP contribution in [0.25, 0.3) is 11.4 Å². The van der Waals surface area contributed by atoms with E-state index in [1.54, 1.807) is 30.3 Å². The molecule has 9 nitrogen and oxygen atoms in total. The Balaban J connectivity index is 1.62. The molecule has 180 valence electrons. The summed E-state index contributed by atoms with van der Waals surface area (Å²) in [4.78, 5) is 30.5. The molecular formula is C24H26FN3O6. The Kier molecular flexibility index (Phi) is 8.55. The number of carbonyl (C=O) groups excluding carboxylic acids is 2. The molecule has 3 rings (SSSR count). The van der Waals surface area contributed by atoms with Gasteiger partial charge in [0.05, 0.1) is 21.3 Å². The zero-order valence-electron chi connectivity index (χ0n) is 19.2. The van der Waals surface area contributed by atoms with Gasteiger partial charge < -0.3 is 23.6 Å². The third-order valence-electron chi connectivity index (χ3n) is 5.04. The van der Waals surface area contributed by atoms with Gasteiger partial charge in [0.15, 0.2) is 0 Å². The van der Waals surface area contributed by atoms with E-state index < -0.39 is 5.97 Å². The third-order valence-corrected chi connectivity index (χ3v) is 5.04. The molecule has 0 aliphatic heterocycles. The van der Waals surface area contributed by atoms with E-state index in [9.17, 15) is 14.0 Å². The number of halogens is 1. The number of hydrogen-bond donors (Lipinski definition) is 0. The summed E-state index contributed by atoms with van der Waals surface area (Å²) in [5, 5.41) is 3.90. The predicted molar refractivity (Wildman–Crippen MR) is 120 cm³/mol. The molecule has 1 aromatic heterocycles. The highest BCUT2D eigenvalue weighted by atomic mass is 19.1. The van der Waals surface area contributed by atoms with Crippen LogP contribution in [0.5, 0.6) is 11.5 Å². The maximum absolute atomic E-state index is 13.1. The second-order valence-corrected chi connectivity index (χ2v) is 7.42. The molecule has 0 saturated heterocycles. The molecule has 1 heterocycles. The van der Waals surface area contributed by atoms with Gasteiger partial charge in [-0.25, -0.2) is 4.39 Å². The van der Waals surface area contributed by atoms with Gasteiger partial charge in [-0.2, -0.15) is 4.98 Å². The molecule has 0 N–H and O–H groups in total. The van der Waals surface area contributed by atoms with Crippen LogP contribution in [0, 0.1) is 5.82 Å². The molecule has 0 radical (unpaired) electrons. The Morgan fingerprint density at radius 1 is 1.03 bits per heavy atom. The number of nitrogens with zero attached hydrogens (tertiary/aromatic N) is 3. The average Bonchev–Trinajstić information content (AvgIpc) is 3.32. The Labute approximate surface area is 196 Å². The number of aryl methyl sites for hydroxylation is 1. The summed E-state index contributed by atoms with van der Waals surface area (Å²) in [6.45, 7) is -0.0130. The molecule has 1 amide bonds. The first-order valence-corrected chi connectivity index (χ1v) is 10.6. The van der Waals surface area contributed by atoms with Crippen LogP contribution in [-0.2, 0) is 27.3 Å². The standard InChI is InChI=1S/C24H26FN3O6/c1-31-19-11-16(12-20(13-19)32-2)14-28(15-23(30)33-3)22(29)6-4-5-21-26-24(27-34-21)17-7-9-18(25)10-8-17/h7-13H,4-6,14-15H2,1-3H3. The fourth-order valence-electron chi connectivity index (χ4n) is 3.25. The fraction of sp³-hybridized carbons (Fsp3) is 0.333. The lowest BCUT2D eigenvalue weighted by Gasteiger charge is -2.22. The number of amides is 1. The lowest BCUT2D eigenvalue weighted by atomic mass is 10.1. The lowest BCUT2D eigenvalue weighted by Crippen LogP contribution is -2.35. The zero-order valence-corrected chi connectivity index (χ0v) is 19.2. The topological polar surface area (TPSA) is 104 Å². The molecule has 0 atom stereocenters. The molecule has 2 aromatic carbocycles. The largest absolute Gasteiger partial charge is 0.497 e. The second-order valence-electron chi connectivity index (χ2n) is 7.42. The molecule has 0 aliphatic rings. The van der Waals surface area contributed by atoms with Crippen molar-refractivity contribution in [3.05, 3.63) is 59.7 Å². The maximum Gasteiger partial charge on any atom is 0.325 e. The van der Waals surface area contributed by atoms with E-state index in [1.807, 2.05) is 0 Å². The Morgan fingerprint density at radius 2 is 1.71 bits per heavy atom. The molecule has 3 aromatic rings. The molecule has 10 heteroatoms. The van der Waals surface area contributed by atoms with E-state index in [4.69, 9.17) is 18.7 Å². The number of esters is 1. The normalized spacial score (nSPS) is 10.6. The Bertz CT molecular complexity index is 1090. The minimum Gasteiger partial charge on any atom is -0.497 e. The van der Waals surface area contributed by atoms with Crippen LogP contribution < -0.4 is 9.47 Å². The molecule has 0 aliphatic carbocycles. The van der Waals surface area contributed by atoms with E-state index in [0.717, 1.165) is 5.56 Å². The highest BCUT2D eigenvalue weighted by Gasteiger charge is 2.19. The molecule has 0 spiro atoms. The summed E-state index contributed by atoms with van der Waals surface area (Å²) in [5.41, 5.74) is 1.37. The Morgan fingerprint density at radius 3 is 2.32 bits per heavy atom. The lowest BCUT2D eigenvalue weighted by molar-refractivity contribution is -0.147. The van der Waals surface area contributed by atoms with E-state index in [1.165, 1.54) is 38.4 Å². The van der Waals surface area contributed by atoms with Crippen LogP contribution in [0.2, 0.25) is 0 Å². The SMILES string of the molecule is COC(=O)CN(Cc1cc(OC)cc(OC)c1)C(=O)CCCc1nc(-c2ccc(F)cc2)no1. The van der Waals surface area contributed by atoms with Gasteiger partial charge >= 0.3 is 5.97 Å². The highest BCUT2D eigenvalue weighted by Crippen LogP contribution is 2.24. The summed E-state index contributed by atoms with van der Waals surface area (Å²) in [7, 11) is 4.34. The van der Waals surface area contributed by atoms with Gasteiger partial charge in [-0.3, -0.25) is 9.59 Å². The number of hydrogen-bond acceptors (Lipinski definition) is 8. The van der Waals surface area contributed by atoms with Crippen molar-refractivity contribution >= 4 is 11.9 Å². The van der Waals surface area contributed by atoms with Gasteiger partial charge in [0.2, 0.25) is 17.6 Å². The fourth-order valence-corrected chi connectivity index (χ4v) is 3.25. The van der Waals surface area contributed by atoms with Crippen molar-refractivity contribution in [2.75, 3.05) is 27.9 Å². The third kappa shape index (κ3) is 6.77. The minimum atomic E-state index is -0.524. The van der Waals surface area contributed by atoms with Crippen molar-refractivity contribution in [1.82, 2.24) is 15.0 Å². The number of aromatic nitrogens is 2. The summed E-state index contributed by atoms with van der Waals surface area (Å²) in [6.07, 6.45) is 0.967. The van der Waals surface area contributed by atoms with Gasteiger partial charge in [0, 0.05) is 31.0 Å². The number of methoxy groups -OCH3 is 3. The number of benzene rings is 2. The van der Waals surface area contributed by atoms with Crippen LogP contribution in [0.15, 0.2) is 47.0 Å². The Hall–Kier alpha value is -3.95. The summed E-state index contributed by atoms with van der Waals surface area (Å²) >= 11 is 0. The monoisotopic (exact) mass is 471 g/mol. The van der Waals surface area contributed by atoms with Crippen molar-refractivity contribution < 1.29 is 32.7 Å². The minimum absolute atomic E-state index is 0.159. The van der Waals surface area contributed by atoms with Crippen molar-refractivity contribution in [3.63, 3.8) is 0 Å². The zero-order chi connectivity index (χ0) is 24.5. The molecule has 0 saturated carbocycles. The van der Waals surface area contributed by atoms with Crippen molar-refractivity contribution in [2.24, 2.45) is 0 Å². The first kappa shape index (κ1) is 24.7. The predicted octanol–water partition coefficient (Wildman–Crippen LogP) is 3.42. The summed E-state index contributed by atoms with van der Waals surface area (Å²) in [6, 6.07) is 11.0. The molecule has 0 unspecified atom stereocenters. The summed E-state index contributed by atoms with van der Waals surface area (Å²) in [5.74, 6) is 0.760. The van der Waals surface area contributed by atoms with Crippen molar-refractivity contribution in [3.8, 4) is 22.9 Å². The maximum atomic E-state index is 13.1. The average molecular weight is 471 g/mol. The quantitative estimate of drug-likeness (QED) is 0.392. The van der Waals surface area contributed by atoms with E-state index in [-0.39, 0.29) is 31.2 Å². The van der Waals surface area contributed by atoms with Crippen LogP contribution in [0.1, 0.15) is 24.3 Å². The van der Waals surface area contributed by atoms with E-state index in [0.29, 0.717) is 41.6 Å². The van der Waals surface area contributed by atoms with E-state index in [2.05, 4.69) is 10.1 Å². The smallest absolute Gasteiger partial charge is 0.325 e. The van der Waals surface area contributed by atoms with Crippen LogP contribution in [-0.4, -0.2) is 54.8 Å².